The molecule has 0 bridgehead atoms. The Morgan fingerprint density at radius 3 is 2.47 bits per heavy atom. The predicted octanol–water partition coefficient (Wildman–Crippen LogP) is 0.819. The molecule has 0 radical (unpaired) electrons. The van der Waals surface area contributed by atoms with Gasteiger partial charge in [-0.25, -0.2) is 4.79 Å². The van der Waals surface area contributed by atoms with Gasteiger partial charge in [-0.05, 0) is 12.5 Å². The summed E-state index contributed by atoms with van der Waals surface area (Å²) >= 11 is 0. The van der Waals surface area contributed by atoms with Crippen LogP contribution in [0.3, 0.4) is 0 Å². The van der Waals surface area contributed by atoms with Crippen molar-refractivity contribution in [2.75, 3.05) is 6.61 Å². The van der Waals surface area contributed by atoms with Gasteiger partial charge in [0.2, 0.25) is 0 Å². The second-order valence-electron chi connectivity index (χ2n) is 2.97. The van der Waals surface area contributed by atoms with Gasteiger partial charge in [0.05, 0.1) is 6.61 Å². The molecule has 0 saturated heterocycles. The zero-order valence-electron chi connectivity index (χ0n) is 8.47. The van der Waals surface area contributed by atoms with Crippen LogP contribution in [0.2, 0.25) is 0 Å². The Bertz CT molecular complexity index is 348. The van der Waals surface area contributed by atoms with Gasteiger partial charge in [-0.2, -0.15) is 0 Å². The third-order valence-electron chi connectivity index (χ3n) is 1.92. The first-order valence-corrected chi connectivity index (χ1v) is 4.68. The standard InChI is InChI=1S/C11H13NO3/c1-2-15-11(14)10(13)9(12)8-6-4-3-5-7-8/h3-7,9H,2,12H2,1H3. The van der Waals surface area contributed by atoms with Crippen molar-refractivity contribution in [3.8, 4) is 0 Å². The lowest BCUT2D eigenvalue weighted by Gasteiger charge is -2.09. The Kier molecular flexibility index (Phi) is 4.00. The zero-order chi connectivity index (χ0) is 11.3. The largest absolute Gasteiger partial charge is 0.460 e. The van der Waals surface area contributed by atoms with Crippen molar-refractivity contribution >= 4 is 11.8 Å². The molecule has 1 unspecified atom stereocenters. The van der Waals surface area contributed by atoms with Crippen LogP contribution in [0.5, 0.6) is 0 Å². The number of ether oxygens (including phenoxy) is 1. The fourth-order valence-corrected chi connectivity index (χ4v) is 1.14. The average molecular weight is 207 g/mol. The van der Waals surface area contributed by atoms with Gasteiger partial charge in [-0.1, -0.05) is 30.3 Å². The highest BCUT2D eigenvalue weighted by molar-refractivity contribution is 6.35. The van der Waals surface area contributed by atoms with Crippen molar-refractivity contribution in [3.05, 3.63) is 35.9 Å². The Balaban J connectivity index is 2.73. The summed E-state index contributed by atoms with van der Waals surface area (Å²) in [5.41, 5.74) is 6.23. The van der Waals surface area contributed by atoms with Crippen LogP contribution in [0.4, 0.5) is 0 Å². The summed E-state index contributed by atoms with van der Waals surface area (Å²) < 4.78 is 4.58. The zero-order valence-corrected chi connectivity index (χ0v) is 8.47. The monoisotopic (exact) mass is 207 g/mol. The number of ketones is 1. The predicted molar refractivity (Wildman–Crippen MR) is 55.0 cm³/mol. The molecule has 1 aromatic carbocycles. The number of esters is 1. The highest BCUT2D eigenvalue weighted by atomic mass is 16.5. The first kappa shape index (κ1) is 11.4. The lowest BCUT2D eigenvalue weighted by atomic mass is 10.0. The van der Waals surface area contributed by atoms with Crippen molar-refractivity contribution < 1.29 is 14.3 Å². The van der Waals surface area contributed by atoms with E-state index in [1.54, 1.807) is 31.2 Å². The number of Topliss-reactive ketones (excluding diaryl/α,β-unsaturated/α-hetero) is 1. The van der Waals surface area contributed by atoms with Gasteiger partial charge in [0, 0.05) is 0 Å². The van der Waals surface area contributed by atoms with Crippen molar-refractivity contribution in [1.82, 2.24) is 0 Å². The molecule has 0 fully saturated rings. The smallest absolute Gasteiger partial charge is 0.376 e. The molecule has 2 N–H and O–H groups in total. The van der Waals surface area contributed by atoms with Gasteiger partial charge in [0.25, 0.3) is 5.78 Å². The summed E-state index contributed by atoms with van der Waals surface area (Å²) in [6.45, 7) is 1.81. The summed E-state index contributed by atoms with van der Waals surface area (Å²) in [5, 5.41) is 0. The average Bonchev–Trinajstić information content (AvgIpc) is 2.28. The lowest BCUT2D eigenvalue weighted by Crippen LogP contribution is -2.29. The lowest BCUT2D eigenvalue weighted by molar-refractivity contribution is -0.154. The van der Waals surface area contributed by atoms with E-state index in [0.717, 1.165) is 0 Å². The summed E-state index contributed by atoms with van der Waals surface area (Å²) in [6, 6.07) is 7.78. The van der Waals surface area contributed by atoms with Gasteiger partial charge in [0.15, 0.2) is 0 Å². The maximum atomic E-state index is 11.4. The van der Waals surface area contributed by atoms with E-state index in [9.17, 15) is 9.59 Å². The Morgan fingerprint density at radius 1 is 1.33 bits per heavy atom. The maximum absolute atomic E-state index is 11.4. The first-order chi connectivity index (χ1) is 7.16. The quantitative estimate of drug-likeness (QED) is 0.586. The number of hydrogen-bond donors (Lipinski definition) is 1. The fourth-order valence-electron chi connectivity index (χ4n) is 1.14. The van der Waals surface area contributed by atoms with Crippen molar-refractivity contribution in [1.29, 1.82) is 0 Å². The van der Waals surface area contributed by atoms with Crippen molar-refractivity contribution in [3.63, 3.8) is 0 Å². The van der Waals surface area contributed by atoms with Crippen LogP contribution in [0.15, 0.2) is 30.3 Å². The van der Waals surface area contributed by atoms with E-state index in [1.165, 1.54) is 0 Å². The van der Waals surface area contributed by atoms with Crippen LogP contribution in [0.1, 0.15) is 18.5 Å². The first-order valence-electron chi connectivity index (χ1n) is 4.68. The minimum absolute atomic E-state index is 0.173. The van der Waals surface area contributed by atoms with Crippen LogP contribution in [-0.2, 0) is 14.3 Å². The Morgan fingerprint density at radius 2 is 1.93 bits per heavy atom. The van der Waals surface area contributed by atoms with E-state index in [2.05, 4.69) is 4.74 Å². The van der Waals surface area contributed by atoms with Crippen LogP contribution in [-0.4, -0.2) is 18.4 Å². The minimum atomic E-state index is -0.940. The molecule has 0 aliphatic rings. The van der Waals surface area contributed by atoms with E-state index < -0.39 is 17.8 Å². The van der Waals surface area contributed by atoms with Crippen LogP contribution < -0.4 is 5.73 Å². The van der Waals surface area contributed by atoms with Crippen LogP contribution in [0, 0.1) is 0 Å². The summed E-state index contributed by atoms with van der Waals surface area (Å²) in [4.78, 5) is 22.5. The fraction of sp³-hybridized carbons (Fsp3) is 0.273. The number of carbonyl (C=O) groups excluding carboxylic acids is 2. The third-order valence-corrected chi connectivity index (χ3v) is 1.92. The van der Waals surface area contributed by atoms with E-state index in [-0.39, 0.29) is 6.61 Å². The number of carbonyl (C=O) groups is 2. The molecule has 80 valence electrons. The number of hydrogen-bond acceptors (Lipinski definition) is 4. The minimum Gasteiger partial charge on any atom is -0.460 e. The SMILES string of the molecule is CCOC(=O)C(=O)C(N)c1ccccc1. The molecule has 0 heterocycles. The molecule has 0 aliphatic heterocycles. The molecule has 4 heteroatoms. The van der Waals surface area contributed by atoms with Crippen LogP contribution >= 0.6 is 0 Å². The number of benzene rings is 1. The van der Waals surface area contributed by atoms with Crippen molar-refractivity contribution in [2.45, 2.75) is 13.0 Å². The number of nitrogens with two attached hydrogens (primary N) is 1. The molecular weight excluding hydrogens is 194 g/mol. The molecule has 15 heavy (non-hydrogen) atoms. The second kappa shape index (κ2) is 5.26. The maximum Gasteiger partial charge on any atom is 0.376 e. The van der Waals surface area contributed by atoms with Gasteiger partial charge >= 0.3 is 5.97 Å². The molecule has 0 saturated carbocycles. The van der Waals surface area contributed by atoms with Gasteiger partial charge < -0.3 is 10.5 Å². The van der Waals surface area contributed by atoms with Gasteiger partial charge in [0.1, 0.15) is 6.04 Å². The molecular formula is C11H13NO3. The van der Waals surface area contributed by atoms with E-state index in [4.69, 9.17) is 5.73 Å². The van der Waals surface area contributed by atoms with E-state index in [0.29, 0.717) is 5.56 Å². The Labute approximate surface area is 88.0 Å². The molecule has 0 aromatic heterocycles. The van der Waals surface area contributed by atoms with Crippen LogP contribution in [0.25, 0.3) is 0 Å². The highest BCUT2D eigenvalue weighted by Crippen LogP contribution is 2.10. The molecule has 1 aromatic rings. The number of rotatable bonds is 4. The molecule has 1 rings (SSSR count). The summed E-state index contributed by atoms with van der Waals surface area (Å²) in [6.07, 6.45) is 0. The third kappa shape index (κ3) is 2.89. The molecule has 4 nitrogen and oxygen atoms in total. The topological polar surface area (TPSA) is 69.4 Å². The Hall–Kier alpha value is -1.68. The van der Waals surface area contributed by atoms with E-state index in [1.807, 2.05) is 6.07 Å². The van der Waals surface area contributed by atoms with Gasteiger partial charge in [-0.15, -0.1) is 0 Å². The van der Waals surface area contributed by atoms with Gasteiger partial charge in [-0.3, -0.25) is 4.79 Å². The normalized spacial score (nSPS) is 11.9. The van der Waals surface area contributed by atoms with E-state index >= 15 is 0 Å². The second-order valence-corrected chi connectivity index (χ2v) is 2.97. The molecule has 0 aliphatic carbocycles. The summed E-state index contributed by atoms with van der Waals surface area (Å²) in [5.74, 6) is -1.60. The highest BCUT2D eigenvalue weighted by Gasteiger charge is 2.24. The molecule has 0 spiro atoms. The molecule has 1 atom stereocenters. The summed E-state index contributed by atoms with van der Waals surface area (Å²) in [7, 11) is 0. The van der Waals surface area contributed by atoms with Crippen molar-refractivity contribution in [2.24, 2.45) is 5.73 Å². The molecule has 0 amide bonds.